The van der Waals surface area contributed by atoms with E-state index in [1.165, 1.54) is 68.9 Å². The average Bonchev–Trinajstić information content (AvgIpc) is 0.899. The van der Waals surface area contributed by atoms with Crippen LogP contribution in [0.25, 0.3) is 9.69 Å². The molecule has 0 unspecified atom stereocenters. The van der Waals surface area contributed by atoms with Gasteiger partial charge in [0.15, 0.2) is 69.4 Å². The molecule has 0 fully saturated rings. The van der Waals surface area contributed by atoms with Crippen molar-refractivity contribution in [1.82, 2.24) is 0 Å². The molecule has 0 aromatic rings. The smallest absolute Gasteiger partial charge is 0.246 e. The molecule has 0 aromatic carbocycles. The number of carbonyl (C=O) groups excluding carboxylic acids is 14. The largest absolute Gasteiger partial charge is 0.490 e. The van der Waals surface area contributed by atoms with Crippen molar-refractivity contribution in [2.75, 3.05) is 14.2 Å². The molecule has 470 valence electrons. The Hall–Kier alpha value is -7.56. The third-order valence-corrected chi connectivity index (χ3v) is 15.7. The van der Waals surface area contributed by atoms with Gasteiger partial charge in [-0.15, -0.1) is 0 Å². The van der Waals surface area contributed by atoms with E-state index in [1.54, 1.807) is 19.1 Å². The van der Waals surface area contributed by atoms with Crippen LogP contribution in [0.5, 0.6) is 0 Å². The summed E-state index contributed by atoms with van der Waals surface area (Å²) in [5.74, 6) is -3.98. The van der Waals surface area contributed by atoms with Crippen LogP contribution in [-0.2, 0) is 76.6 Å². The fourth-order valence-electron chi connectivity index (χ4n) is 7.12. The van der Waals surface area contributed by atoms with Crippen molar-refractivity contribution in [2.24, 2.45) is 21.7 Å². The Labute approximate surface area is 552 Å². The third-order valence-electron chi connectivity index (χ3n) is 13.0. The monoisotopic (exact) mass is 1420 g/mol. The fraction of sp³-hybridized carbons (Fsp3) is 0.323. The van der Waals surface area contributed by atoms with Gasteiger partial charge in [-0.25, -0.2) is 9.69 Å². The minimum absolute atomic E-state index is 0.00187. The standard InChI is InChI=1S/C16H24O2.C14H20O2.C9H10O4.C8Cl2N2O2.C6H2Br2O2.C6H2Cl2O2.C6H4O2/c1-7-15(3,4)11-9-14(18)12(10-13(11)17)16(5,6)8-2;1-13(2,3)9-7-12(16)10(8-11(9)15)14(4,5)6;1-5-4-6(10)8(12-2)9(13-3)7(5)11;1-11-5-6(12-2)8(14)4(10)3(9)7(5)13;2*7-3-1-5(9)4(8)2-6(3)10;7-5-1-2-6(8)4-3-5/h9-10H,7-8H2,1-6H3;7-8H,1-6H3;4H,1-3H3;;2*1-2H;1-4H. The maximum atomic E-state index is 12.2. The Morgan fingerprint density at radius 1 is 0.404 bits per heavy atom. The number of carbonyl (C=O) groups is 14. The molecule has 7 aliphatic carbocycles. The summed E-state index contributed by atoms with van der Waals surface area (Å²) in [6.45, 7) is 38.6. The molecule has 89 heavy (non-hydrogen) atoms. The molecule has 0 N–H and O–H groups in total. The van der Waals surface area contributed by atoms with Gasteiger partial charge in [0.1, 0.15) is 0 Å². The van der Waals surface area contributed by atoms with Crippen LogP contribution in [0.4, 0.5) is 0 Å². The lowest BCUT2D eigenvalue weighted by atomic mass is 9.71. The van der Waals surface area contributed by atoms with Crippen molar-refractivity contribution in [2.45, 2.75) is 103 Å². The maximum Gasteiger partial charge on any atom is 0.246 e. The number of rotatable bonds is 6. The van der Waals surface area contributed by atoms with E-state index in [4.69, 9.17) is 69.0 Å². The Kier molecular flexibility index (Phi) is 30.2. The number of halogens is 6. The van der Waals surface area contributed by atoms with E-state index >= 15 is 0 Å². The van der Waals surface area contributed by atoms with Crippen molar-refractivity contribution < 1.29 is 76.6 Å². The first-order chi connectivity index (χ1) is 40.8. The summed E-state index contributed by atoms with van der Waals surface area (Å²) in [5.41, 5.74) is 0.712. The van der Waals surface area contributed by atoms with Gasteiger partial charge in [-0.05, 0) is 128 Å². The van der Waals surface area contributed by atoms with Crippen molar-refractivity contribution >= 4 is 159 Å². The molecule has 7 rings (SSSR count). The molecule has 0 spiro atoms. The topological polar surface area (TPSA) is 266 Å². The van der Waals surface area contributed by atoms with Crippen LogP contribution < -0.4 is 0 Å². The zero-order valence-electron chi connectivity index (χ0n) is 51.1. The molecule has 0 aliphatic heterocycles. The number of methoxy groups -OCH3 is 2. The highest BCUT2D eigenvalue weighted by molar-refractivity contribution is 9.12. The summed E-state index contributed by atoms with van der Waals surface area (Å²) in [5, 5.41) is -1.19. The minimum Gasteiger partial charge on any atom is -0.490 e. The molecule has 0 amide bonds. The van der Waals surface area contributed by atoms with Gasteiger partial charge in [-0.3, -0.25) is 57.5 Å². The second kappa shape index (κ2) is 33.9. The summed E-state index contributed by atoms with van der Waals surface area (Å²) in [7, 11) is 2.66. The highest BCUT2D eigenvalue weighted by Crippen LogP contribution is 2.39. The van der Waals surface area contributed by atoms with Crippen molar-refractivity contribution in [3.8, 4) is 0 Å². The predicted molar refractivity (Wildman–Crippen MR) is 343 cm³/mol. The lowest BCUT2D eigenvalue weighted by Crippen LogP contribution is -2.29. The van der Waals surface area contributed by atoms with Gasteiger partial charge in [-0.1, -0.05) is 129 Å². The normalized spacial score (nSPS) is 17.8. The molecular formula is C65H62Br2Cl4N2O16. The van der Waals surface area contributed by atoms with Crippen LogP contribution in [0.2, 0.25) is 0 Å². The summed E-state index contributed by atoms with van der Waals surface area (Å²) in [6, 6.07) is 0. The fourth-order valence-corrected chi connectivity index (χ4v) is 8.42. The molecule has 24 heteroatoms. The first-order valence-corrected chi connectivity index (χ1v) is 29.3. The van der Waals surface area contributed by atoms with Gasteiger partial charge < -0.3 is 19.1 Å². The first-order valence-electron chi connectivity index (χ1n) is 26.2. The SMILES string of the molecule is CC(C)(C)C1=CC(=O)C(C(C)(C)C)=CC1=O.CCC(C)(C)C1=CC(=O)C(C(C)(C)CC)=CC1=O.COC1=C(OC)C(=O)C(C)=CC1=O.O=C1C=C(Br)C(=O)C=C1Br.O=C1C=C(Cl)C(=O)C=C1Cl.O=C1C=CC(=O)C=C1.[C-]#[N+]C1=C([N+]#[C-])C(=O)C(Cl)=C(Cl)C1=O. The van der Waals surface area contributed by atoms with Gasteiger partial charge in [0, 0.05) is 52.2 Å². The van der Waals surface area contributed by atoms with Crippen LogP contribution in [0.15, 0.2) is 159 Å². The lowest BCUT2D eigenvalue weighted by molar-refractivity contribution is -0.120. The molecule has 0 bridgehead atoms. The predicted octanol–water partition coefficient (Wildman–Crippen LogP) is 12.7. The van der Waals surface area contributed by atoms with E-state index in [9.17, 15) is 67.1 Å². The Balaban J connectivity index is 0.000000526. The Morgan fingerprint density at radius 2 is 0.697 bits per heavy atom. The van der Waals surface area contributed by atoms with E-state index in [1.807, 2.05) is 83.1 Å². The zero-order valence-corrected chi connectivity index (χ0v) is 57.3. The molecule has 0 heterocycles. The first kappa shape index (κ1) is 79.5. The molecule has 18 nitrogen and oxygen atoms in total. The molecule has 7 aliphatic rings. The number of allylic oxidation sites excluding steroid dienone is 24. The van der Waals surface area contributed by atoms with Gasteiger partial charge in [0.25, 0.3) is 0 Å². The van der Waals surface area contributed by atoms with Gasteiger partial charge in [0.05, 0.1) is 56.5 Å². The zero-order chi connectivity index (χ0) is 69.2. The Bertz CT molecular complexity index is 3420. The summed E-state index contributed by atoms with van der Waals surface area (Å²) < 4.78 is 10.2. The van der Waals surface area contributed by atoms with Crippen LogP contribution >= 0.6 is 78.3 Å². The minimum atomic E-state index is -0.878. The number of hydrogen-bond acceptors (Lipinski definition) is 16. The van der Waals surface area contributed by atoms with E-state index in [0.717, 1.165) is 25.0 Å². The highest BCUT2D eigenvalue weighted by atomic mass is 79.9. The number of nitrogens with zero attached hydrogens (tertiary/aromatic N) is 2. The molecule has 0 radical (unpaired) electrons. The second-order valence-electron chi connectivity index (χ2n) is 22.4. The van der Waals surface area contributed by atoms with E-state index in [0.29, 0.717) is 36.8 Å². The molecule has 0 saturated carbocycles. The maximum absolute atomic E-state index is 12.2. The Morgan fingerprint density at radius 3 is 0.966 bits per heavy atom. The summed E-state index contributed by atoms with van der Waals surface area (Å²) >= 11 is 27.3. The number of hydrogen-bond donors (Lipinski definition) is 0. The summed E-state index contributed by atoms with van der Waals surface area (Å²) in [4.78, 5) is 162. The van der Waals surface area contributed by atoms with Gasteiger partial charge in [0.2, 0.25) is 34.5 Å². The molecule has 0 atom stereocenters. The van der Waals surface area contributed by atoms with Crippen molar-refractivity contribution in [3.63, 3.8) is 0 Å². The average molecular weight is 1430 g/mol. The van der Waals surface area contributed by atoms with E-state index in [-0.39, 0.29) is 101 Å². The van der Waals surface area contributed by atoms with E-state index < -0.39 is 44.6 Å². The van der Waals surface area contributed by atoms with Crippen LogP contribution in [-0.4, -0.2) is 95.2 Å². The van der Waals surface area contributed by atoms with Crippen molar-refractivity contribution in [1.29, 1.82) is 0 Å². The van der Waals surface area contributed by atoms with Gasteiger partial charge >= 0.3 is 0 Å². The number of Topliss-reactive ketones (excluding diaryl/α,β-unsaturated/α-hetero) is 3. The highest BCUT2D eigenvalue weighted by Gasteiger charge is 2.37. The quantitative estimate of drug-likeness (QED) is 0.177. The number of ketones is 14. The van der Waals surface area contributed by atoms with Gasteiger partial charge in [-0.2, -0.15) is 0 Å². The van der Waals surface area contributed by atoms with Crippen LogP contribution in [0.1, 0.15) is 103 Å². The third kappa shape index (κ3) is 22.5. The second-order valence-corrected chi connectivity index (χ2v) is 25.6. The van der Waals surface area contributed by atoms with E-state index in [2.05, 4.69) is 41.5 Å². The molecular weight excluding hydrogens is 1370 g/mol. The number of ether oxygens (including phenoxy) is 2. The molecule has 0 saturated heterocycles. The van der Waals surface area contributed by atoms with Crippen molar-refractivity contribution in [3.05, 3.63) is 182 Å². The molecule has 0 aromatic heterocycles. The summed E-state index contributed by atoms with van der Waals surface area (Å²) in [6.07, 6.45) is 18.6. The lowest BCUT2D eigenvalue weighted by Gasteiger charge is -2.31. The van der Waals surface area contributed by atoms with Crippen LogP contribution in [0.3, 0.4) is 0 Å². The van der Waals surface area contributed by atoms with Crippen LogP contribution in [0, 0.1) is 34.8 Å².